The standard InChI is InChI=1S/C18H32O15/c1-4-7(21)14(32-17-12(26)10(24)8(22)5(2-19)30-17)15(16(28)29-4)33-18-13(27)11(25)9(23)6(3-20)31-18/h4-28H,2-3H2,1H3/t4-,5+,6+,7+,8-,9-,10-,11-,12+,13+,14+,15-,16?,17-,18-/m0/s1. The van der Waals surface area contributed by atoms with Crippen LogP contribution in [0.25, 0.3) is 0 Å². The molecule has 15 atom stereocenters. The van der Waals surface area contributed by atoms with Gasteiger partial charge in [-0.05, 0) is 6.92 Å². The van der Waals surface area contributed by atoms with Gasteiger partial charge in [-0.3, -0.25) is 0 Å². The van der Waals surface area contributed by atoms with Gasteiger partial charge in [0.1, 0.15) is 67.1 Å². The molecule has 1 unspecified atom stereocenters. The van der Waals surface area contributed by atoms with E-state index in [1.165, 1.54) is 6.92 Å². The summed E-state index contributed by atoms with van der Waals surface area (Å²) in [6, 6.07) is 0. The van der Waals surface area contributed by atoms with E-state index < -0.39 is 105 Å². The van der Waals surface area contributed by atoms with Crippen LogP contribution < -0.4 is 0 Å². The molecule has 3 fully saturated rings. The zero-order chi connectivity index (χ0) is 24.6. The number of hydrogen-bond acceptors (Lipinski definition) is 15. The van der Waals surface area contributed by atoms with Crippen LogP contribution in [0.2, 0.25) is 0 Å². The molecular formula is C18H32O15. The molecule has 10 N–H and O–H groups in total. The van der Waals surface area contributed by atoms with Gasteiger partial charge in [0.05, 0.1) is 19.3 Å². The molecule has 0 saturated carbocycles. The van der Waals surface area contributed by atoms with Gasteiger partial charge in [-0.15, -0.1) is 0 Å². The van der Waals surface area contributed by atoms with E-state index in [1.54, 1.807) is 0 Å². The van der Waals surface area contributed by atoms with Gasteiger partial charge in [0.15, 0.2) is 18.9 Å². The Morgan fingerprint density at radius 1 is 0.545 bits per heavy atom. The lowest BCUT2D eigenvalue weighted by Gasteiger charge is -2.48. The maximum Gasteiger partial charge on any atom is 0.187 e. The van der Waals surface area contributed by atoms with Gasteiger partial charge >= 0.3 is 0 Å². The quantitative estimate of drug-likeness (QED) is 0.167. The normalized spacial score (nSPS) is 53.7. The van der Waals surface area contributed by atoms with Gasteiger partial charge in [0, 0.05) is 0 Å². The van der Waals surface area contributed by atoms with Crippen molar-refractivity contribution in [2.24, 2.45) is 0 Å². The van der Waals surface area contributed by atoms with Crippen LogP contribution in [0.4, 0.5) is 0 Å². The molecule has 194 valence electrons. The van der Waals surface area contributed by atoms with Crippen molar-refractivity contribution in [3.8, 4) is 0 Å². The molecule has 3 saturated heterocycles. The van der Waals surface area contributed by atoms with Crippen molar-refractivity contribution < 1.29 is 74.7 Å². The van der Waals surface area contributed by atoms with Crippen molar-refractivity contribution in [2.45, 2.75) is 99.0 Å². The second kappa shape index (κ2) is 11.0. The van der Waals surface area contributed by atoms with Gasteiger partial charge in [0.2, 0.25) is 0 Å². The summed E-state index contributed by atoms with van der Waals surface area (Å²) in [5.41, 5.74) is 0. The highest BCUT2D eigenvalue weighted by Crippen LogP contribution is 2.32. The smallest absolute Gasteiger partial charge is 0.187 e. The molecule has 15 heteroatoms. The molecule has 0 amide bonds. The first kappa shape index (κ1) is 27.0. The Balaban J connectivity index is 1.80. The predicted octanol–water partition coefficient (Wildman–Crippen LogP) is -6.55. The van der Waals surface area contributed by atoms with E-state index in [2.05, 4.69) is 0 Å². The minimum Gasteiger partial charge on any atom is -0.394 e. The molecule has 0 aromatic heterocycles. The monoisotopic (exact) mass is 488 g/mol. The zero-order valence-corrected chi connectivity index (χ0v) is 17.6. The van der Waals surface area contributed by atoms with E-state index in [9.17, 15) is 51.1 Å². The summed E-state index contributed by atoms with van der Waals surface area (Å²) in [4.78, 5) is 0. The zero-order valence-electron chi connectivity index (χ0n) is 17.6. The molecule has 3 heterocycles. The Morgan fingerprint density at radius 2 is 0.970 bits per heavy atom. The third-order valence-electron chi connectivity index (χ3n) is 6.06. The fourth-order valence-corrected chi connectivity index (χ4v) is 3.97. The average Bonchev–Trinajstić information content (AvgIpc) is 2.79. The van der Waals surface area contributed by atoms with Crippen molar-refractivity contribution in [3.63, 3.8) is 0 Å². The number of hydrogen-bond donors (Lipinski definition) is 10. The van der Waals surface area contributed by atoms with Crippen LogP contribution in [-0.4, -0.2) is 156 Å². The minimum atomic E-state index is -1.83. The Labute approximate surface area is 187 Å². The molecule has 0 aliphatic carbocycles. The lowest BCUT2D eigenvalue weighted by atomic mass is 9.96. The summed E-state index contributed by atoms with van der Waals surface area (Å²) in [5, 5.41) is 99.9. The van der Waals surface area contributed by atoms with Crippen molar-refractivity contribution >= 4 is 0 Å². The van der Waals surface area contributed by atoms with Crippen LogP contribution in [0.5, 0.6) is 0 Å². The second-order valence-electron chi connectivity index (χ2n) is 8.32. The minimum absolute atomic E-state index is 0.731. The highest BCUT2D eigenvalue weighted by molar-refractivity contribution is 4.95. The lowest BCUT2D eigenvalue weighted by Crippen LogP contribution is -2.66. The van der Waals surface area contributed by atoms with Gasteiger partial charge in [-0.25, -0.2) is 0 Å². The predicted molar refractivity (Wildman–Crippen MR) is 99.8 cm³/mol. The maximum atomic E-state index is 10.6. The molecule has 0 spiro atoms. The summed E-state index contributed by atoms with van der Waals surface area (Å²) >= 11 is 0. The van der Waals surface area contributed by atoms with Gasteiger partial charge < -0.3 is 74.7 Å². The number of rotatable bonds is 6. The van der Waals surface area contributed by atoms with Crippen LogP contribution in [0, 0.1) is 0 Å². The second-order valence-corrected chi connectivity index (χ2v) is 8.32. The van der Waals surface area contributed by atoms with Crippen LogP contribution in [0.3, 0.4) is 0 Å². The molecule has 0 aromatic carbocycles. The fraction of sp³-hybridized carbons (Fsp3) is 1.00. The summed E-state index contributed by atoms with van der Waals surface area (Å²) < 4.78 is 26.8. The average molecular weight is 488 g/mol. The van der Waals surface area contributed by atoms with E-state index in [0.717, 1.165) is 0 Å². The molecule has 15 nitrogen and oxygen atoms in total. The topological polar surface area (TPSA) is 248 Å². The van der Waals surface area contributed by atoms with Gasteiger partial charge in [-0.2, -0.15) is 0 Å². The number of ether oxygens (including phenoxy) is 5. The molecule has 0 radical (unpaired) electrons. The van der Waals surface area contributed by atoms with Crippen molar-refractivity contribution in [1.82, 2.24) is 0 Å². The van der Waals surface area contributed by atoms with Gasteiger partial charge in [0.25, 0.3) is 0 Å². The molecule has 3 aliphatic heterocycles. The highest BCUT2D eigenvalue weighted by Gasteiger charge is 2.53. The molecule has 3 aliphatic rings. The molecule has 0 bridgehead atoms. The molecule has 0 aromatic rings. The van der Waals surface area contributed by atoms with Crippen molar-refractivity contribution in [1.29, 1.82) is 0 Å². The largest absolute Gasteiger partial charge is 0.394 e. The first-order chi connectivity index (χ1) is 15.5. The van der Waals surface area contributed by atoms with E-state index in [0.29, 0.717) is 0 Å². The summed E-state index contributed by atoms with van der Waals surface area (Å²) in [6.45, 7) is -0.0778. The summed E-state index contributed by atoms with van der Waals surface area (Å²) in [6.07, 6.45) is -24.1. The van der Waals surface area contributed by atoms with Crippen molar-refractivity contribution in [3.05, 3.63) is 0 Å². The lowest BCUT2D eigenvalue weighted by molar-refractivity contribution is -0.385. The summed E-state index contributed by atoms with van der Waals surface area (Å²) in [7, 11) is 0. The SMILES string of the molecule is C[C@@H]1OC(O)[C@@H](O[C@@H]2O[C@H](CO)[C@H](O)[C@H](O)[C@H]2O)[C@H](O[C@@H]2O[C@H](CO)[C@H](O)[C@H](O)[C@H]2O)[C@@H]1O. The molecular weight excluding hydrogens is 456 g/mol. The van der Waals surface area contributed by atoms with Crippen LogP contribution in [0.1, 0.15) is 6.92 Å². The van der Waals surface area contributed by atoms with Crippen LogP contribution >= 0.6 is 0 Å². The maximum absolute atomic E-state index is 10.6. The fourth-order valence-electron chi connectivity index (χ4n) is 3.97. The first-order valence-electron chi connectivity index (χ1n) is 10.4. The van der Waals surface area contributed by atoms with Crippen LogP contribution in [-0.2, 0) is 23.7 Å². The first-order valence-corrected chi connectivity index (χ1v) is 10.4. The van der Waals surface area contributed by atoms with Gasteiger partial charge in [-0.1, -0.05) is 0 Å². The summed E-state index contributed by atoms with van der Waals surface area (Å²) in [5.74, 6) is 0. The molecule has 3 rings (SSSR count). The van der Waals surface area contributed by atoms with Crippen LogP contribution in [0.15, 0.2) is 0 Å². The Morgan fingerprint density at radius 3 is 1.39 bits per heavy atom. The van der Waals surface area contributed by atoms with E-state index in [4.69, 9.17) is 23.7 Å². The highest BCUT2D eigenvalue weighted by atomic mass is 16.8. The van der Waals surface area contributed by atoms with E-state index in [-0.39, 0.29) is 0 Å². The number of aliphatic hydroxyl groups is 10. The number of aliphatic hydroxyl groups excluding tert-OH is 10. The third-order valence-corrected chi connectivity index (χ3v) is 6.06. The Hall–Kier alpha value is -0.600. The van der Waals surface area contributed by atoms with E-state index in [1.807, 2.05) is 0 Å². The Bertz CT molecular complexity index is 622. The third kappa shape index (κ3) is 5.32. The Kier molecular flexibility index (Phi) is 8.99. The van der Waals surface area contributed by atoms with Crippen molar-refractivity contribution in [2.75, 3.05) is 13.2 Å². The molecule has 33 heavy (non-hydrogen) atoms. The van der Waals surface area contributed by atoms with E-state index >= 15 is 0 Å².